The van der Waals surface area contributed by atoms with E-state index in [0.29, 0.717) is 0 Å². The van der Waals surface area contributed by atoms with Crippen molar-refractivity contribution in [3.05, 3.63) is 41.3 Å². The number of nitrogens with two attached hydrogens (primary N) is 1. The average molecular weight is 265 g/mol. The largest absolute Gasteiger partial charge is 0.496 e. The van der Waals surface area contributed by atoms with Crippen molar-refractivity contribution >= 4 is 23.1 Å². The molecule has 2 N–H and O–H groups in total. The Labute approximate surface area is 110 Å². The van der Waals surface area contributed by atoms with E-state index >= 15 is 0 Å². The van der Waals surface area contributed by atoms with Crippen LogP contribution in [0.5, 0.6) is 5.75 Å². The Morgan fingerprint density at radius 3 is 2.71 bits per heavy atom. The van der Waals surface area contributed by atoms with Crippen LogP contribution >= 0.6 is 23.1 Å². The van der Waals surface area contributed by atoms with Crippen molar-refractivity contribution in [3.8, 4) is 5.75 Å². The summed E-state index contributed by atoms with van der Waals surface area (Å²) in [6, 6.07) is 10.2. The van der Waals surface area contributed by atoms with Gasteiger partial charge in [0.2, 0.25) is 0 Å². The van der Waals surface area contributed by atoms with E-state index in [1.807, 2.05) is 19.1 Å². The van der Waals surface area contributed by atoms with Gasteiger partial charge in [0.25, 0.3) is 0 Å². The summed E-state index contributed by atoms with van der Waals surface area (Å²) >= 11 is 3.47. The second kappa shape index (κ2) is 5.58. The zero-order valence-electron chi connectivity index (χ0n) is 9.84. The Balaban J connectivity index is 2.39. The first kappa shape index (κ1) is 12.5. The van der Waals surface area contributed by atoms with Gasteiger partial charge in [-0.2, -0.15) is 0 Å². The number of thiophene rings is 1. The fourth-order valence-electron chi connectivity index (χ4n) is 1.67. The van der Waals surface area contributed by atoms with Crippen LogP contribution in [0.1, 0.15) is 18.5 Å². The van der Waals surface area contributed by atoms with E-state index in [1.165, 1.54) is 9.10 Å². The third kappa shape index (κ3) is 2.83. The van der Waals surface area contributed by atoms with Crippen LogP contribution in [-0.2, 0) is 0 Å². The maximum absolute atomic E-state index is 6.03. The number of benzene rings is 1. The van der Waals surface area contributed by atoms with Gasteiger partial charge < -0.3 is 10.5 Å². The van der Waals surface area contributed by atoms with Gasteiger partial charge in [0, 0.05) is 16.5 Å². The summed E-state index contributed by atoms with van der Waals surface area (Å²) in [5.41, 5.74) is 7.11. The van der Waals surface area contributed by atoms with Crippen molar-refractivity contribution < 1.29 is 4.74 Å². The van der Waals surface area contributed by atoms with Gasteiger partial charge in [-0.25, -0.2) is 0 Å². The predicted molar refractivity (Wildman–Crippen MR) is 74.0 cm³/mol. The van der Waals surface area contributed by atoms with Gasteiger partial charge in [0.15, 0.2) is 0 Å². The Morgan fingerprint density at radius 2 is 2.12 bits per heavy atom. The molecule has 0 saturated heterocycles. The first-order valence-corrected chi connectivity index (χ1v) is 7.06. The van der Waals surface area contributed by atoms with Gasteiger partial charge in [-0.3, -0.25) is 0 Å². The van der Waals surface area contributed by atoms with Crippen LogP contribution in [0, 0.1) is 0 Å². The van der Waals surface area contributed by atoms with Gasteiger partial charge in [-0.15, -0.1) is 11.3 Å². The van der Waals surface area contributed by atoms with E-state index in [9.17, 15) is 0 Å². The minimum Gasteiger partial charge on any atom is -0.496 e. The van der Waals surface area contributed by atoms with Gasteiger partial charge in [0.05, 0.1) is 11.3 Å². The van der Waals surface area contributed by atoms with Crippen molar-refractivity contribution in [2.45, 2.75) is 22.1 Å². The molecule has 0 bridgehead atoms. The van der Waals surface area contributed by atoms with Crippen molar-refractivity contribution in [2.75, 3.05) is 7.11 Å². The molecule has 90 valence electrons. The highest BCUT2D eigenvalue weighted by atomic mass is 32.2. The molecule has 2 rings (SSSR count). The topological polar surface area (TPSA) is 35.2 Å². The fourth-order valence-corrected chi connectivity index (χ4v) is 3.65. The minimum absolute atomic E-state index is 0.0337. The van der Waals surface area contributed by atoms with E-state index in [-0.39, 0.29) is 6.04 Å². The van der Waals surface area contributed by atoms with Crippen molar-refractivity contribution in [1.82, 2.24) is 0 Å². The van der Waals surface area contributed by atoms with Crippen LogP contribution in [0.3, 0.4) is 0 Å². The van der Waals surface area contributed by atoms with Crippen molar-refractivity contribution in [1.29, 1.82) is 0 Å². The molecular weight excluding hydrogens is 250 g/mol. The summed E-state index contributed by atoms with van der Waals surface area (Å²) in [5.74, 6) is 0.863. The third-order valence-corrected chi connectivity index (χ3v) is 4.52. The third-order valence-electron chi connectivity index (χ3n) is 2.41. The molecule has 4 heteroatoms. The second-order valence-electron chi connectivity index (χ2n) is 3.69. The van der Waals surface area contributed by atoms with Crippen molar-refractivity contribution in [2.24, 2.45) is 5.73 Å². The SMILES string of the molecule is COc1cccc(Sc2cccs2)c1[C@H](C)N. The molecule has 1 heterocycles. The lowest BCUT2D eigenvalue weighted by Gasteiger charge is -2.15. The molecule has 0 aliphatic rings. The molecule has 1 atom stereocenters. The summed E-state index contributed by atoms with van der Waals surface area (Å²) in [5, 5.41) is 2.08. The van der Waals surface area contributed by atoms with E-state index < -0.39 is 0 Å². The minimum atomic E-state index is -0.0337. The summed E-state index contributed by atoms with van der Waals surface area (Å²) < 4.78 is 6.64. The maximum Gasteiger partial charge on any atom is 0.124 e. The lowest BCUT2D eigenvalue weighted by Crippen LogP contribution is -2.08. The fraction of sp³-hybridized carbons (Fsp3) is 0.231. The van der Waals surface area contributed by atoms with E-state index in [2.05, 4.69) is 23.6 Å². The molecule has 1 aromatic heterocycles. The summed E-state index contributed by atoms with van der Waals surface area (Å²) in [6.07, 6.45) is 0. The lowest BCUT2D eigenvalue weighted by molar-refractivity contribution is 0.405. The monoisotopic (exact) mass is 265 g/mol. The highest BCUT2D eigenvalue weighted by Crippen LogP contribution is 2.39. The molecule has 17 heavy (non-hydrogen) atoms. The van der Waals surface area contributed by atoms with E-state index in [0.717, 1.165) is 11.3 Å². The van der Waals surface area contributed by atoms with Gasteiger partial charge in [0.1, 0.15) is 5.75 Å². The number of hydrogen-bond acceptors (Lipinski definition) is 4. The molecule has 0 unspecified atom stereocenters. The van der Waals surface area contributed by atoms with Gasteiger partial charge in [-0.05, 0) is 30.5 Å². The quantitative estimate of drug-likeness (QED) is 0.909. The molecule has 1 aromatic carbocycles. The van der Waals surface area contributed by atoms with E-state index in [1.54, 1.807) is 30.2 Å². The second-order valence-corrected chi connectivity index (χ2v) is 5.98. The number of methoxy groups -OCH3 is 1. The number of hydrogen-bond donors (Lipinski definition) is 1. The standard InChI is InChI=1S/C13H15NOS2/c1-9(14)13-10(15-2)5-3-6-11(13)17-12-7-4-8-16-12/h3-9H,14H2,1-2H3/t9-/m0/s1. The van der Waals surface area contributed by atoms with Crippen LogP contribution in [0.25, 0.3) is 0 Å². The zero-order chi connectivity index (χ0) is 12.3. The molecule has 0 amide bonds. The van der Waals surface area contributed by atoms with Crippen LogP contribution in [0.15, 0.2) is 44.8 Å². The first-order chi connectivity index (χ1) is 8.22. The maximum atomic E-state index is 6.03. The molecule has 0 aliphatic heterocycles. The molecular formula is C13H15NOS2. The van der Waals surface area contributed by atoms with Crippen LogP contribution in [0.4, 0.5) is 0 Å². The predicted octanol–water partition coefficient (Wildman–Crippen LogP) is 3.93. The smallest absolute Gasteiger partial charge is 0.124 e. The molecule has 0 spiro atoms. The highest BCUT2D eigenvalue weighted by Gasteiger charge is 2.14. The zero-order valence-corrected chi connectivity index (χ0v) is 11.5. The normalized spacial score (nSPS) is 12.4. The summed E-state index contributed by atoms with van der Waals surface area (Å²) in [7, 11) is 1.68. The molecule has 2 aromatic rings. The summed E-state index contributed by atoms with van der Waals surface area (Å²) in [4.78, 5) is 1.17. The summed E-state index contributed by atoms with van der Waals surface area (Å²) in [6.45, 7) is 1.98. The molecule has 2 nitrogen and oxygen atoms in total. The first-order valence-electron chi connectivity index (χ1n) is 5.36. The molecule has 0 fully saturated rings. The average Bonchev–Trinajstić information content (AvgIpc) is 2.81. The molecule has 0 saturated carbocycles. The molecule has 0 radical (unpaired) electrons. The molecule has 0 aliphatic carbocycles. The Bertz CT molecular complexity index is 480. The number of rotatable bonds is 4. The van der Waals surface area contributed by atoms with Crippen LogP contribution < -0.4 is 10.5 Å². The van der Waals surface area contributed by atoms with Crippen LogP contribution in [-0.4, -0.2) is 7.11 Å². The van der Waals surface area contributed by atoms with Crippen molar-refractivity contribution in [3.63, 3.8) is 0 Å². The Kier molecular flexibility index (Phi) is 4.10. The van der Waals surface area contributed by atoms with E-state index in [4.69, 9.17) is 10.5 Å². The number of ether oxygens (including phenoxy) is 1. The Hall–Kier alpha value is -0.970. The van der Waals surface area contributed by atoms with Gasteiger partial charge in [-0.1, -0.05) is 23.9 Å². The van der Waals surface area contributed by atoms with Gasteiger partial charge >= 0.3 is 0 Å². The lowest BCUT2D eigenvalue weighted by atomic mass is 10.1. The Morgan fingerprint density at radius 1 is 1.29 bits per heavy atom. The highest BCUT2D eigenvalue weighted by molar-refractivity contribution is 8.01. The van der Waals surface area contributed by atoms with Crippen LogP contribution in [0.2, 0.25) is 0 Å².